The Morgan fingerprint density at radius 3 is 2.58 bits per heavy atom. The van der Waals surface area contributed by atoms with Gasteiger partial charge < -0.3 is 20.1 Å². The lowest BCUT2D eigenvalue weighted by Gasteiger charge is -2.30. The second kappa shape index (κ2) is 9.14. The lowest BCUT2D eigenvalue weighted by Crippen LogP contribution is -2.41. The minimum absolute atomic E-state index is 0.0856. The van der Waals surface area contributed by atoms with Gasteiger partial charge in [0, 0.05) is 24.3 Å². The van der Waals surface area contributed by atoms with Crippen LogP contribution in [-0.4, -0.2) is 46.9 Å². The average Bonchev–Trinajstić information content (AvgIpc) is 2.79. The highest BCUT2D eigenvalue weighted by Gasteiger charge is 2.26. The van der Waals surface area contributed by atoms with Crippen LogP contribution in [0.25, 0.3) is 10.9 Å². The fourth-order valence-corrected chi connectivity index (χ4v) is 4.07. The van der Waals surface area contributed by atoms with E-state index in [1.807, 2.05) is 13.0 Å². The number of aryl methyl sites for hydroxylation is 1. The maximum Gasteiger partial charge on any atom is 0.337 e. The van der Waals surface area contributed by atoms with Crippen molar-refractivity contribution in [1.29, 1.82) is 0 Å². The number of aromatic carboxylic acids is 1. The third kappa shape index (κ3) is 4.38. The first-order valence-corrected chi connectivity index (χ1v) is 10.5. The number of halogens is 2. The molecular weight excluding hydrogens is 434 g/mol. The number of nitrogens with zero attached hydrogens (tertiary/aromatic N) is 3. The van der Waals surface area contributed by atoms with Gasteiger partial charge in [-0.1, -0.05) is 18.2 Å². The summed E-state index contributed by atoms with van der Waals surface area (Å²) in [7, 11) is 0. The van der Waals surface area contributed by atoms with E-state index in [2.05, 4.69) is 10.3 Å². The summed E-state index contributed by atoms with van der Waals surface area (Å²) in [6.07, 6.45) is 0. The van der Waals surface area contributed by atoms with Gasteiger partial charge in [0.25, 0.3) is 5.56 Å². The molecule has 3 aromatic rings. The molecule has 1 atom stereocenters. The van der Waals surface area contributed by atoms with Crippen molar-refractivity contribution in [3.05, 3.63) is 63.4 Å². The van der Waals surface area contributed by atoms with E-state index >= 15 is 0 Å². The Morgan fingerprint density at radius 2 is 1.91 bits per heavy atom. The van der Waals surface area contributed by atoms with Crippen molar-refractivity contribution in [2.24, 2.45) is 0 Å². The zero-order chi connectivity index (χ0) is 23.7. The van der Waals surface area contributed by atoms with Crippen molar-refractivity contribution in [2.45, 2.75) is 26.4 Å². The normalized spacial score (nSPS) is 15.1. The molecule has 2 N–H and O–H groups in total. The van der Waals surface area contributed by atoms with Gasteiger partial charge in [0.2, 0.25) is 5.95 Å². The summed E-state index contributed by atoms with van der Waals surface area (Å²) in [5.41, 5.74) is 1.30. The van der Waals surface area contributed by atoms with Gasteiger partial charge >= 0.3 is 12.5 Å². The van der Waals surface area contributed by atoms with Gasteiger partial charge in [-0.2, -0.15) is 8.78 Å². The fraction of sp³-hybridized carbons (Fsp3) is 0.348. The number of alkyl halides is 2. The number of nitrogens with one attached hydrogen (secondary N) is 1. The molecule has 10 heteroatoms. The Labute approximate surface area is 188 Å². The van der Waals surface area contributed by atoms with Crippen LogP contribution in [0.15, 0.2) is 41.2 Å². The zero-order valence-corrected chi connectivity index (χ0v) is 18.2. The standard InChI is InChI=1S/C23H24F2N4O4/c1-13-11-16(14(2)26-18-6-4-3-5-15(18)21(31)32)19-17(12-13)20(30)29(22(24)25)23(27-19)28-7-9-33-10-8-28/h3-6,11-12,14,22,26H,7-10H2,1-2H3,(H,31,32)/t14-/m0/s1. The minimum Gasteiger partial charge on any atom is -0.478 e. The third-order valence-electron chi connectivity index (χ3n) is 5.65. The molecule has 0 unspecified atom stereocenters. The number of rotatable bonds is 6. The van der Waals surface area contributed by atoms with Crippen LogP contribution >= 0.6 is 0 Å². The molecule has 1 aromatic heterocycles. The minimum atomic E-state index is -3.05. The molecule has 4 rings (SSSR count). The van der Waals surface area contributed by atoms with E-state index in [-0.39, 0.29) is 16.9 Å². The Morgan fingerprint density at radius 1 is 1.21 bits per heavy atom. The molecule has 174 valence electrons. The van der Waals surface area contributed by atoms with Crippen molar-refractivity contribution in [1.82, 2.24) is 9.55 Å². The molecule has 0 aliphatic carbocycles. The van der Waals surface area contributed by atoms with Crippen LogP contribution in [0, 0.1) is 6.92 Å². The summed E-state index contributed by atoms with van der Waals surface area (Å²) in [6, 6.07) is 9.39. The zero-order valence-electron chi connectivity index (χ0n) is 18.2. The first-order chi connectivity index (χ1) is 15.8. The molecule has 2 heterocycles. The summed E-state index contributed by atoms with van der Waals surface area (Å²) in [4.78, 5) is 30.9. The van der Waals surface area contributed by atoms with Crippen molar-refractivity contribution in [2.75, 3.05) is 36.5 Å². The number of para-hydroxylation sites is 1. The molecule has 0 saturated carbocycles. The summed E-state index contributed by atoms with van der Waals surface area (Å²) in [5, 5.41) is 12.7. The molecule has 8 nitrogen and oxygen atoms in total. The van der Waals surface area contributed by atoms with E-state index in [1.54, 1.807) is 36.1 Å². The summed E-state index contributed by atoms with van der Waals surface area (Å²) in [5.74, 6) is -1.18. The number of ether oxygens (including phenoxy) is 1. The van der Waals surface area contributed by atoms with E-state index in [0.717, 1.165) is 0 Å². The maximum absolute atomic E-state index is 13.9. The fourth-order valence-electron chi connectivity index (χ4n) is 4.07. The van der Waals surface area contributed by atoms with E-state index in [0.29, 0.717) is 53.2 Å². The molecule has 33 heavy (non-hydrogen) atoms. The van der Waals surface area contributed by atoms with Crippen LogP contribution < -0.4 is 15.8 Å². The van der Waals surface area contributed by atoms with Gasteiger partial charge in [-0.05, 0) is 37.6 Å². The molecule has 0 amide bonds. The molecule has 1 aliphatic heterocycles. The molecule has 1 aliphatic rings. The SMILES string of the molecule is Cc1cc([C@H](C)Nc2ccccc2C(=O)O)c2nc(N3CCOCC3)n(C(F)F)c(=O)c2c1. The lowest BCUT2D eigenvalue weighted by molar-refractivity contribution is 0.0649. The highest BCUT2D eigenvalue weighted by atomic mass is 19.3. The number of carboxylic acid groups (broad SMARTS) is 1. The Balaban J connectivity index is 1.87. The van der Waals surface area contributed by atoms with Crippen LogP contribution in [0.3, 0.4) is 0 Å². The molecular formula is C23H24F2N4O4. The third-order valence-corrected chi connectivity index (χ3v) is 5.65. The number of anilines is 2. The number of carbonyl (C=O) groups is 1. The predicted octanol–water partition coefficient (Wildman–Crippen LogP) is 3.81. The van der Waals surface area contributed by atoms with E-state index < -0.39 is 24.1 Å². The van der Waals surface area contributed by atoms with Crippen LogP contribution in [0.1, 0.15) is 41.0 Å². The topological polar surface area (TPSA) is 96.7 Å². The highest BCUT2D eigenvalue weighted by Crippen LogP contribution is 2.30. The number of morpholine rings is 1. The number of carboxylic acids is 1. The average molecular weight is 458 g/mol. The largest absolute Gasteiger partial charge is 0.478 e. The van der Waals surface area contributed by atoms with E-state index in [9.17, 15) is 23.5 Å². The van der Waals surface area contributed by atoms with Gasteiger partial charge in [-0.3, -0.25) is 4.79 Å². The van der Waals surface area contributed by atoms with Gasteiger partial charge in [0.05, 0.1) is 35.7 Å². The first kappa shape index (κ1) is 22.7. The first-order valence-electron chi connectivity index (χ1n) is 10.5. The van der Waals surface area contributed by atoms with Gasteiger partial charge in [-0.25, -0.2) is 14.3 Å². The molecule has 1 fully saturated rings. The molecule has 0 radical (unpaired) electrons. The van der Waals surface area contributed by atoms with Crippen molar-refractivity contribution >= 4 is 28.5 Å². The number of hydrogen-bond donors (Lipinski definition) is 2. The number of hydrogen-bond acceptors (Lipinski definition) is 6. The van der Waals surface area contributed by atoms with Crippen molar-refractivity contribution in [3.63, 3.8) is 0 Å². The monoisotopic (exact) mass is 458 g/mol. The Bertz CT molecular complexity index is 1260. The summed E-state index contributed by atoms with van der Waals surface area (Å²) >= 11 is 0. The van der Waals surface area contributed by atoms with Crippen LogP contribution in [0.5, 0.6) is 0 Å². The second-order valence-electron chi connectivity index (χ2n) is 7.93. The smallest absolute Gasteiger partial charge is 0.337 e. The van der Waals surface area contributed by atoms with E-state index in [1.165, 1.54) is 6.07 Å². The number of fused-ring (bicyclic) bond motifs is 1. The lowest BCUT2D eigenvalue weighted by atomic mass is 10.0. The Kier molecular flexibility index (Phi) is 6.28. The van der Waals surface area contributed by atoms with Crippen molar-refractivity contribution in [3.8, 4) is 0 Å². The summed E-state index contributed by atoms with van der Waals surface area (Å²) in [6.45, 7) is 1.90. The molecule has 0 spiro atoms. The van der Waals surface area contributed by atoms with E-state index in [4.69, 9.17) is 4.74 Å². The molecule has 2 aromatic carbocycles. The van der Waals surface area contributed by atoms with Gasteiger partial charge in [0.1, 0.15) is 0 Å². The van der Waals surface area contributed by atoms with Crippen LogP contribution in [0.2, 0.25) is 0 Å². The number of benzene rings is 2. The quantitative estimate of drug-likeness (QED) is 0.580. The predicted molar refractivity (Wildman–Crippen MR) is 120 cm³/mol. The van der Waals surface area contributed by atoms with Crippen molar-refractivity contribution < 1.29 is 23.4 Å². The number of aromatic nitrogens is 2. The van der Waals surface area contributed by atoms with Crippen LogP contribution in [-0.2, 0) is 4.74 Å². The van der Waals surface area contributed by atoms with Crippen LogP contribution in [0.4, 0.5) is 20.4 Å². The highest BCUT2D eigenvalue weighted by molar-refractivity contribution is 5.94. The molecule has 0 bridgehead atoms. The maximum atomic E-state index is 13.9. The molecule has 1 saturated heterocycles. The summed E-state index contributed by atoms with van der Waals surface area (Å²) < 4.78 is 33.6. The van der Waals surface area contributed by atoms with Gasteiger partial charge in [-0.15, -0.1) is 0 Å². The second-order valence-corrected chi connectivity index (χ2v) is 7.93. The van der Waals surface area contributed by atoms with Gasteiger partial charge in [0.15, 0.2) is 0 Å². The Hall–Kier alpha value is -3.53.